The van der Waals surface area contributed by atoms with Crippen LogP contribution in [0.5, 0.6) is 0 Å². The van der Waals surface area contributed by atoms with Crippen LogP contribution in [0.2, 0.25) is 0 Å². The van der Waals surface area contributed by atoms with E-state index in [2.05, 4.69) is 43.4 Å². The van der Waals surface area contributed by atoms with Crippen LogP contribution in [0.15, 0.2) is 24.3 Å². The summed E-state index contributed by atoms with van der Waals surface area (Å²) in [6, 6.07) is 9.02. The summed E-state index contributed by atoms with van der Waals surface area (Å²) in [5.74, 6) is 0. The Morgan fingerprint density at radius 2 is 2.07 bits per heavy atom. The molecule has 2 atom stereocenters. The van der Waals surface area contributed by atoms with Crippen LogP contribution in [-0.4, -0.2) is 12.6 Å². The van der Waals surface area contributed by atoms with Crippen molar-refractivity contribution in [3.8, 4) is 0 Å². The molecule has 0 unspecified atom stereocenters. The lowest BCUT2D eigenvalue weighted by atomic mass is 10.1. The fraction of sp³-hybridized carbons (Fsp3) is 0.500. The molecule has 1 heterocycles. The van der Waals surface area contributed by atoms with Crippen LogP contribution in [0.25, 0.3) is 0 Å². The number of hydrogen-bond donors (Lipinski definition) is 1. The molecule has 1 aliphatic heterocycles. The smallest absolute Gasteiger partial charge is 0.134 e. The van der Waals surface area contributed by atoms with Gasteiger partial charge in [-0.3, -0.25) is 5.32 Å². The monoisotopic (exact) mass is 191 g/mol. The molecule has 1 aromatic carbocycles. The van der Waals surface area contributed by atoms with E-state index in [1.807, 2.05) is 0 Å². The van der Waals surface area contributed by atoms with Crippen molar-refractivity contribution in [2.45, 2.75) is 32.5 Å². The maximum absolute atomic E-state index is 5.67. The van der Waals surface area contributed by atoms with Gasteiger partial charge in [0.2, 0.25) is 0 Å². The molecule has 14 heavy (non-hydrogen) atoms. The van der Waals surface area contributed by atoms with Gasteiger partial charge in [0, 0.05) is 6.04 Å². The molecule has 76 valence electrons. The van der Waals surface area contributed by atoms with Crippen molar-refractivity contribution in [2.24, 2.45) is 0 Å². The first-order valence-electron chi connectivity index (χ1n) is 5.24. The average molecular weight is 191 g/mol. The highest BCUT2D eigenvalue weighted by Crippen LogP contribution is 2.21. The van der Waals surface area contributed by atoms with Crippen LogP contribution in [0, 0.1) is 6.92 Å². The zero-order valence-electron chi connectivity index (χ0n) is 8.79. The molecule has 1 fully saturated rings. The highest BCUT2D eigenvalue weighted by atomic mass is 16.5. The summed E-state index contributed by atoms with van der Waals surface area (Å²) in [5.41, 5.74) is 2.52. The van der Waals surface area contributed by atoms with Gasteiger partial charge in [0.05, 0.1) is 6.61 Å². The lowest BCUT2D eigenvalue weighted by Gasteiger charge is -2.11. The molecule has 1 aromatic rings. The molecule has 0 saturated carbocycles. The van der Waals surface area contributed by atoms with Crippen molar-refractivity contribution in [3.05, 3.63) is 35.4 Å². The van der Waals surface area contributed by atoms with Crippen molar-refractivity contribution >= 4 is 0 Å². The molecule has 0 aliphatic carbocycles. The van der Waals surface area contributed by atoms with Gasteiger partial charge in [-0.15, -0.1) is 0 Å². The molecule has 2 rings (SSSR count). The summed E-state index contributed by atoms with van der Waals surface area (Å²) >= 11 is 0. The lowest BCUT2D eigenvalue weighted by molar-refractivity contribution is 0.101. The first-order chi connectivity index (χ1) is 6.79. The Balaban J connectivity index is 2.06. The van der Waals surface area contributed by atoms with E-state index in [9.17, 15) is 0 Å². The maximum atomic E-state index is 5.67. The van der Waals surface area contributed by atoms with Gasteiger partial charge >= 0.3 is 0 Å². The minimum absolute atomic E-state index is 0.0977. The third kappa shape index (κ3) is 1.97. The minimum atomic E-state index is 0.0977. The maximum Gasteiger partial charge on any atom is 0.134 e. The summed E-state index contributed by atoms with van der Waals surface area (Å²) in [5, 5.41) is 3.45. The summed E-state index contributed by atoms with van der Waals surface area (Å²) in [6.45, 7) is 5.11. The van der Waals surface area contributed by atoms with Gasteiger partial charge in [-0.25, -0.2) is 0 Å². The number of ether oxygens (including phenoxy) is 1. The third-order valence-corrected chi connectivity index (χ3v) is 2.72. The molecule has 2 heteroatoms. The Kier molecular flexibility index (Phi) is 2.85. The van der Waals surface area contributed by atoms with Crippen LogP contribution in [0.4, 0.5) is 0 Å². The molecule has 0 aromatic heterocycles. The van der Waals surface area contributed by atoms with Crippen LogP contribution in [-0.2, 0) is 4.74 Å². The number of hydrogen-bond acceptors (Lipinski definition) is 2. The lowest BCUT2D eigenvalue weighted by Crippen LogP contribution is -2.24. The van der Waals surface area contributed by atoms with E-state index in [0.717, 1.165) is 13.0 Å². The molecular formula is C12H17NO. The summed E-state index contributed by atoms with van der Waals surface area (Å²) in [4.78, 5) is 0. The Labute approximate surface area is 85.3 Å². The zero-order chi connectivity index (χ0) is 9.97. The van der Waals surface area contributed by atoms with Crippen molar-refractivity contribution in [3.63, 3.8) is 0 Å². The molecule has 1 aliphatic rings. The third-order valence-electron chi connectivity index (χ3n) is 2.72. The predicted molar refractivity (Wildman–Crippen MR) is 57.1 cm³/mol. The van der Waals surface area contributed by atoms with Gasteiger partial charge < -0.3 is 4.74 Å². The quantitative estimate of drug-likeness (QED) is 0.775. The van der Waals surface area contributed by atoms with E-state index < -0.39 is 0 Å². The molecule has 0 amide bonds. The van der Waals surface area contributed by atoms with Crippen LogP contribution < -0.4 is 5.32 Å². The summed E-state index contributed by atoms with van der Waals surface area (Å²) < 4.78 is 5.67. The van der Waals surface area contributed by atoms with Crippen molar-refractivity contribution in [2.75, 3.05) is 6.61 Å². The summed E-state index contributed by atoms with van der Waals surface area (Å²) in [7, 11) is 0. The molecular weight excluding hydrogens is 174 g/mol. The normalized spacial score (nSPS) is 26.7. The fourth-order valence-electron chi connectivity index (χ4n) is 1.69. The van der Waals surface area contributed by atoms with Gasteiger partial charge in [0.15, 0.2) is 0 Å². The molecule has 1 saturated heterocycles. The van der Waals surface area contributed by atoms with Gasteiger partial charge in [0.1, 0.15) is 6.23 Å². The topological polar surface area (TPSA) is 21.3 Å². The first-order valence-corrected chi connectivity index (χ1v) is 5.24. The molecule has 1 N–H and O–H groups in total. The van der Waals surface area contributed by atoms with Gasteiger partial charge in [-0.2, -0.15) is 0 Å². The first kappa shape index (κ1) is 9.69. The van der Waals surface area contributed by atoms with Crippen LogP contribution in [0.3, 0.4) is 0 Å². The largest absolute Gasteiger partial charge is 0.357 e. The second-order valence-corrected chi connectivity index (χ2v) is 3.90. The highest BCUT2D eigenvalue weighted by Gasteiger charge is 2.23. The van der Waals surface area contributed by atoms with Gasteiger partial charge in [-0.1, -0.05) is 36.8 Å². The van der Waals surface area contributed by atoms with Gasteiger partial charge in [0.25, 0.3) is 0 Å². The molecule has 0 radical (unpaired) electrons. The number of aryl methyl sites for hydroxylation is 1. The Bertz CT molecular complexity index is 294. The summed E-state index contributed by atoms with van der Waals surface area (Å²) in [6.07, 6.45) is 1.23. The fourth-order valence-corrected chi connectivity index (χ4v) is 1.69. The van der Waals surface area contributed by atoms with Crippen molar-refractivity contribution < 1.29 is 4.74 Å². The molecule has 2 nitrogen and oxygen atoms in total. The van der Waals surface area contributed by atoms with E-state index in [1.54, 1.807) is 0 Å². The van der Waals surface area contributed by atoms with Crippen molar-refractivity contribution in [1.82, 2.24) is 5.32 Å². The van der Waals surface area contributed by atoms with E-state index >= 15 is 0 Å². The van der Waals surface area contributed by atoms with Crippen LogP contribution >= 0.6 is 0 Å². The number of rotatable bonds is 2. The SMILES string of the molecule is CC[C@H]1CO[C@@H](c2ccc(C)cc2)N1. The van der Waals surface area contributed by atoms with Crippen LogP contribution in [0.1, 0.15) is 30.7 Å². The van der Waals surface area contributed by atoms with E-state index in [0.29, 0.717) is 6.04 Å². The van der Waals surface area contributed by atoms with E-state index in [1.165, 1.54) is 11.1 Å². The number of benzene rings is 1. The highest BCUT2D eigenvalue weighted by molar-refractivity contribution is 5.23. The zero-order valence-corrected chi connectivity index (χ0v) is 8.79. The second-order valence-electron chi connectivity index (χ2n) is 3.90. The molecule has 0 bridgehead atoms. The Morgan fingerprint density at radius 1 is 1.36 bits per heavy atom. The van der Waals surface area contributed by atoms with Crippen molar-refractivity contribution in [1.29, 1.82) is 0 Å². The number of nitrogens with one attached hydrogen (secondary N) is 1. The van der Waals surface area contributed by atoms with E-state index in [4.69, 9.17) is 4.74 Å². The van der Waals surface area contributed by atoms with E-state index in [-0.39, 0.29) is 6.23 Å². The molecule has 0 spiro atoms. The minimum Gasteiger partial charge on any atom is -0.357 e. The standard InChI is InChI=1S/C12H17NO/c1-3-11-8-14-12(13-11)10-6-4-9(2)5-7-10/h4-7,11-13H,3,8H2,1-2H3/t11-,12-/m0/s1. The predicted octanol–water partition coefficient (Wildman–Crippen LogP) is 2.39. The second kappa shape index (κ2) is 4.11. The Hall–Kier alpha value is -0.860. The Morgan fingerprint density at radius 3 is 2.64 bits per heavy atom. The van der Waals surface area contributed by atoms with Gasteiger partial charge in [-0.05, 0) is 18.9 Å². The average Bonchev–Trinajstić information content (AvgIpc) is 2.67.